The molecule has 0 N–H and O–H groups in total. The smallest absolute Gasteiger partial charge is 0.270 e. The van der Waals surface area contributed by atoms with Crippen LogP contribution in [-0.4, -0.2) is 41.1 Å². The third-order valence-corrected chi connectivity index (χ3v) is 4.88. The summed E-state index contributed by atoms with van der Waals surface area (Å²) in [6.45, 7) is 5.48. The minimum absolute atomic E-state index is 0.0423. The number of rotatable bonds is 4. The lowest BCUT2D eigenvalue weighted by Gasteiger charge is -2.36. The second-order valence-corrected chi connectivity index (χ2v) is 6.81. The van der Waals surface area contributed by atoms with Gasteiger partial charge in [0.15, 0.2) is 5.82 Å². The van der Waals surface area contributed by atoms with E-state index in [9.17, 15) is 10.1 Å². The Morgan fingerprint density at radius 1 is 0.893 bits per heavy atom. The number of piperazine rings is 1. The maximum absolute atomic E-state index is 11.1. The molecule has 28 heavy (non-hydrogen) atoms. The first-order chi connectivity index (χ1) is 13.6. The first-order valence-electron chi connectivity index (χ1n) is 9.25. The average Bonchev–Trinajstić information content (AvgIpc) is 2.74. The molecule has 3 aromatic rings. The van der Waals surface area contributed by atoms with Crippen LogP contribution in [0.1, 0.15) is 5.69 Å². The fraction of sp³-hybridized carbons (Fsp3) is 0.238. The number of nitro groups is 1. The molecule has 0 atom stereocenters. The van der Waals surface area contributed by atoms with Crippen LogP contribution in [-0.2, 0) is 0 Å². The number of nitro benzene ring substituents is 1. The maximum atomic E-state index is 11.1. The second kappa shape index (κ2) is 7.64. The van der Waals surface area contributed by atoms with Crippen molar-refractivity contribution in [2.24, 2.45) is 0 Å². The highest BCUT2D eigenvalue weighted by molar-refractivity contribution is 5.61. The third-order valence-electron chi connectivity index (χ3n) is 4.88. The van der Waals surface area contributed by atoms with E-state index in [0.717, 1.165) is 37.7 Å². The van der Waals surface area contributed by atoms with Crippen LogP contribution in [0, 0.1) is 17.0 Å². The van der Waals surface area contributed by atoms with Crippen LogP contribution in [0.4, 0.5) is 17.2 Å². The van der Waals surface area contributed by atoms with Crippen LogP contribution in [0.2, 0.25) is 0 Å². The lowest BCUT2D eigenvalue weighted by molar-refractivity contribution is -0.384. The number of benzene rings is 2. The van der Waals surface area contributed by atoms with Gasteiger partial charge >= 0.3 is 0 Å². The van der Waals surface area contributed by atoms with Crippen molar-refractivity contribution in [1.29, 1.82) is 0 Å². The molecular weight excluding hydrogens is 354 g/mol. The van der Waals surface area contributed by atoms with Gasteiger partial charge in [-0.05, 0) is 19.1 Å². The van der Waals surface area contributed by atoms with Crippen molar-refractivity contribution < 1.29 is 4.92 Å². The van der Waals surface area contributed by atoms with E-state index in [2.05, 4.69) is 39.0 Å². The van der Waals surface area contributed by atoms with E-state index in [1.54, 1.807) is 12.1 Å². The molecule has 2 aromatic carbocycles. The van der Waals surface area contributed by atoms with Crippen LogP contribution in [0.3, 0.4) is 0 Å². The van der Waals surface area contributed by atoms with Gasteiger partial charge in [0.2, 0.25) is 0 Å². The van der Waals surface area contributed by atoms with E-state index >= 15 is 0 Å². The number of non-ortho nitro benzene ring substituents is 1. The molecule has 1 fully saturated rings. The number of aromatic nitrogens is 2. The summed E-state index contributed by atoms with van der Waals surface area (Å²) in [6, 6.07) is 18.8. The number of aryl methyl sites for hydroxylation is 1. The molecule has 1 saturated heterocycles. The lowest BCUT2D eigenvalue weighted by atomic mass is 10.2. The van der Waals surface area contributed by atoms with E-state index in [4.69, 9.17) is 4.98 Å². The van der Waals surface area contributed by atoms with Crippen molar-refractivity contribution >= 4 is 17.2 Å². The fourth-order valence-corrected chi connectivity index (χ4v) is 3.43. The largest absolute Gasteiger partial charge is 0.368 e. The molecule has 0 spiro atoms. The topological polar surface area (TPSA) is 75.4 Å². The van der Waals surface area contributed by atoms with Crippen molar-refractivity contribution in [1.82, 2.24) is 9.97 Å². The molecule has 0 saturated carbocycles. The van der Waals surface area contributed by atoms with Gasteiger partial charge in [-0.1, -0.05) is 30.3 Å². The van der Waals surface area contributed by atoms with E-state index in [-0.39, 0.29) is 5.69 Å². The minimum Gasteiger partial charge on any atom is -0.368 e. The molecular formula is C21H21N5O2. The van der Waals surface area contributed by atoms with Crippen LogP contribution in [0.15, 0.2) is 60.7 Å². The van der Waals surface area contributed by atoms with Gasteiger partial charge in [-0.25, -0.2) is 9.97 Å². The van der Waals surface area contributed by atoms with Gasteiger partial charge in [0.05, 0.1) is 4.92 Å². The first-order valence-corrected chi connectivity index (χ1v) is 9.25. The standard InChI is InChI=1S/C21H21N5O2/c1-16-14-20(23-21(22-16)17-6-5-9-19(15-17)26(27)28)25-12-10-24(11-13-25)18-7-3-2-4-8-18/h2-9,14-15H,10-13H2,1H3. The van der Waals surface area contributed by atoms with Crippen molar-refractivity contribution in [3.8, 4) is 11.4 Å². The molecule has 4 rings (SSSR count). The number of hydrogen-bond donors (Lipinski definition) is 0. The highest BCUT2D eigenvalue weighted by atomic mass is 16.6. The van der Waals surface area contributed by atoms with Crippen molar-refractivity contribution in [2.75, 3.05) is 36.0 Å². The molecule has 0 radical (unpaired) electrons. The summed E-state index contributed by atoms with van der Waals surface area (Å²) in [6.07, 6.45) is 0. The molecule has 0 amide bonds. The summed E-state index contributed by atoms with van der Waals surface area (Å²) in [5, 5.41) is 11.1. The summed E-state index contributed by atoms with van der Waals surface area (Å²) >= 11 is 0. The predicted octanol–water partition coefficient (Wildman–Crippen LogP) is 3.69. The zero-order chi connectivity index (χ0) is 19.5. The minimum atomic E-state index is -0.400. The van der Waals surface area contributed by atoms with E-state index in [1.807, 2.05) is 19.1 Å². The zero-order valence-electron chi connectivity index (χ0n) is 15.7. The number of anilines is 2. The van der Waals surface area contributed by atoms with Gasteiger partial charge in [0, 0.05) is 61.3 Å². The lowest BCUT2D eigenvalue weighted by Crippen LogP contribution is -2.46. The zero-order valence-corrected chi connectivity index (χ0v) is 15.7. The highest BCUT2D eigenvalue weighted by Crippen LogP contribution is 2.25. The van der Waals surface area contributed by atoms with Crippen LogP contribution >= 0.6 is 0 Å². The average molecular weight is 375 g/mol. The molecule has 1 aliphatic rings. The van der Waals surface area contributed by atoms with Gasteiger partial charge in [-0.2, -0.15) is 0 Å². The maximum Gasteiger partial charge on any atom is 0.270 e. The Balaban J connectivity index is 1.55. The first kappa shape index (κ1) is 17.9. The molecule has 0 aliphatic carbocycles. The molecule has 0 unspecified atom stereocenters. The Labute approximate surface area is 163 Å². The van der Waals surface area contributed by atoms with Crippen molar-refractivity contribution in [3.63, 3.8) is 0 Å². The van der Waals surface area contributed by atoms with E-state index in [0.29, 0.717) is 11.4 Å². The molecule has 7 nitrogen and oxygen atoms in total. The summed E-state index contributed by atoms with van der Waals surface area (Å²) < 4.78 is 0. The normalized spacial score (nSPS) is 14.2. The number of nitrogens with zero attached hydrogens (tertiary/aromatic N) is 5. The SMILES string of the molecule is Cc1cc(N2CCN(c3ccccc3)CC2)nc(-c2cccc([N+](=O)[O-])c2)n1. The molecule has 142 valence electrons. The van der Waals surface area contributed by atoms with Gasteiger partial charge in [-0.15, -0.1) is 0 Å². The molecule has 7 heteroatoms. The summed E-state index contributed by atoms with van der Waals surface area (Å²) in [5.41, 5.74) is 2.78. The van der Waals surface area contributed by atoms with Crippen LogP contribution in [0.5, 0.6) is 0 Å². The summed E-state index contributed by atoms with van der Waals surface area (Å²) in [4.78, 5) is 24.5. The Kier molecular flexibility index (Phi) is 4.89. The number of hydrogen-bond acceptors (Lipinski definition) is 6. The van der Waals surface area contributed by atoms with Crippen molar-refractivity contribution in [3.05, 3.63) is 76.5 Å². The summed E-state index contributed by atoms with van der Waals surface area (Å²) in [5.74, 6) is 1.38. The Bertz CT molecular complexity index is 985. The quantitative estimate of drug-likeness (QED) is 0.511. The highest BCUT2D eigenvalue weighted by Gasteiger charge is 2.20. The third kappa shape index (κ3) is 3.78. The Morgan fingerprint density at radius 3 is 2.32 bits per heavy atom. The van der Waals surface area contributed by atoms with E-state index < -0.39 is 4.92 Å². The van der Waals surface area contributed by atoms with Crippen LogP contribution in [0.25, 0.3) is 11.4 Å². The van der Waals surface area contributed by atoms with E-state index in [1.165, 1.54) is 17.8 Å². The summed E-state index contributed by atoms with van der Waals surface area (Å²) in [7, 11) is 0. The van der Waals surface area contributed by atoms with Gasteiger partial charge in [0.1, 0.15) is 5.82 Å². The number of para-hydroxylation sites is 1. The van der Waals surface area contributed by atoms with Gasteiger partial charge in [-0.3, -0.25) is 10.1 Å². The fourth-order valence-electron chi connectivity index (χ4n) is 3.43. The molecule has 0 bridgehead atoms. The van der Waals surface area contributed by atoms with Crippen molar-refractivity contribution in [2.45, 2.75) is 6.92 Å². The molecule has 1 aliphatic heterocycles. The monoisotopic (exact) mass is 375 g/mol. The Morgan fingerprint density at radius 2 is 1.61 bits per heavy atom. The molecule has 1 aromatic heterocycles. The second-order valence-electron chi connectivity index (χ2n) is 6.81. The predicted molar refractivity (Wildman–Crippen MR) is 110 cm³/mol. The molecule has 2 heterocycles. The van der Waals surface area contributed by atoms with Gasteiger partial charge in [0.25, 0.3) is 5.69 Å². The van der Waals surface area contributed by atoms with Gasteiger partial charge < -0.3 is 9.80 Å². The Hall–Kier alpha value is -3.48. The van der Waals surface area contributed by atoms with Crippen LogP contribution < -0.4 is 9.80 Å².